The summed E-state index contributed by atoms with van der Waals surface area (Å²) in [5.41, 5.74) is 9.04. The fourth-order valence-electron chi connectivity index (χ4n) is 4.04. The highest BCUT2D eigenvalue weighted by molar-refractivity contribution is 5.58. The summed E-state index contributed by atoms with van der Waals surface area (Å²) in [6.45, 7) is 8.47. The lowest BCUT2D eigenvalue weighted by atomic mass is 9.92. The van der Waals surface area contributed by atoms with Gasteiger partial charge in [-0.25, -0.2) is 0 Å². The van der Waals surface area contributed by atoms with E-state index in [2.05, 4.69) is 43.5 Å². The third-order valence-electron chi connectivity index (χ3n) is 5.28. The molecule has 120 valence electrons. The minimum Gasteiger partial charge on any atom is -0.103 e. The van der Waals surface area contributed by atoms with Crippen molar-refractivity contribution in [2.75, 3.05) is 0 Å². The van der Waals surface area contributed by atoms with E-state index in [1.165, 1.54) is 60.8 Å². The molecular weight excluding hydrogens is 276 g/mol. The van der Waals surface area contributed by atoms with E-state index >= 15 is 0 Å². The van der Waals surface area contributed by atoms with Crippen LogP contribution in [0.3, 0.4) is 0 Å². The summed E-state index contributed by atoms with van der Waals surface area (Å²) in [7, 11) is 0. The van der Waals surface area contributed by atoms with Gasteiger partial charge in [-0.15, -0.1) is 6.58 Å². The normalized spacial score (nSPS) is 20.8. The molecule has 0 aromatic heterocycles. The number of hydrogen-bond donors (Lipinski definition) is 0. The van der Waals surface area contributed by atoms with Crippen LogP contribution in [0.25, 0.3) is 0 Å². The van der Waals surface area contributed by atoms with Crippen LogP contribution >= 0.6 is 0 Å². The first-order chi connectivity index (χ1) is 11.3. The summed E-state index contributed by atoms with van der Waals surface area (Å²) in [6.07, 6.45) is 13.2. The minimum absolute atomic E-state index is 0.976. The van der Waals surface area contributed by atoms with Crippen LogP contribution in [0, 0.1) is 0 Å². The average molecular weight is 304 g/mol. The molecule has 1 aromatic carbocycles. The Morgan fingerprint density at radius 3 is 2.48 bits per heavy atom. The molecule has 23 heavy (non-hydrogen) atoms. The van der Waals surface area contributed by atoms with Crippen LogP contribution in [0.1, 0.15) is 56.9 Å². The van der Waals surface area contributed by atoms with Gasteiger partial charge in [-0.2, -0.15) is 0 Å². The quantitative estimate of drug-likeness (QED) is 0.542. The zero-order valence-corrected chi connectivity index (χ0v) is 14.2. The van der Waals surface area contributed by atoms with Gasteiger partial charge in [0.1, 0.15) is 0 Å². The molecule has 0 saturated heterocycles. The van der Waals surface area contributed by atoms with Gasteiger partial charge in [0.25, 0.3) is 0 Å². The van der Waals surface area contributed by atoms with Crippen LogP contribution < -0.4 is 0 Å². The number of allylic oxidation sites excluding steroid dienone is 6. The zero-order valence-electron chi connectivity index (χ0n) is 14.2. The lowest BCUT2D eigenvalue weighted by molar-refractivity contribution is 0.615. The molecular formula is C23H28. The van der Waals surface area contributed by atoms with Crippen molar-refractivity contribution >= 4 is 0 Å². The highest BCUT2D eigenvalue weighted by Gasteiger charge is 2.25. The Morgan fingerprint density at radius 1 is 1.00 bits per heavy atom. The molecule has 0 N–H and O–H groups in total. The number of rotatable bonds is 4. The molecule has 0 spiro atoms. The Kier molecular flexibility index (Phi) is 5.33. The predicted molar refractivity (Wildman–Crippen MR) is 100 cm³/mol. The molecule has 3 rings (SSSR count). The van der Waals surface area contributed by atoms with Crippen molar-refractivity contribution in [1.29, 1.82) is 0 Å². The van der Waals surface area contributed by atoms with E-state index < -0.39 is 0 Å². The van der Waals surface area contributed by atoms with E-state index in [1.54, 1.807) is 11.1 Å². The first kappa shape index (κ1) is 16.1. The molecule has 0 heteroatoms. The lowest BCUT2D eigenvalue weighted by Gasteiger charge is -2.13. The van der Waals surface area contributed by atoms with Crippen molar-refractivity contribution in [3.05, 3.63) is 83.0 Å². The summed E-state index contributed by atoms with van der Waals surface area (Å²) in [5, 5.41) is 0. The highest BCUT2D eigenvalue weighted by atomic mass is 14.3. The number of benzene rings is 1. The van der Waals surface area contributed by atoms with E-state index in [4.69, 9.17) is 0 Å². The molecule has 2 aliphatic rings. The smallest absolute Gasteiger partial charge is 0.00555 e. The van der Waals surface area contributed by atoms with Crippen molar-refractivity contribution in [2.24, 2.45) is 0 Å². The highest BCUT2D eigenvalue weighted by Crippen LogP contribution is 2.43. The summed E-state index contributed by atoms with van der Waals surface area (Å²) < 4.78 is 0. The van der Waals surface area contributed by atoms with Crippen molar-refractivity contribution in [3.63, 3.8) is 0 Å². The second-order valence-electron chi connectivity index (χ2n) is 6.89. The van der Waals surface area contributed by atoms with Crippen molar-refractivity contribution < 1.29 is 0 Å². The molecule has 0 aliphatic heterocycles. The molecule has 0 unspecified atom stereocenters. The van der Waals surface area contributed by atoms with E-state index in [0.717, 1.165) is 19.3 Å². The Balaban J connectivity index is 1.88. The largest absolute Gasteiger partial charge is 0.103 e. The van der Waals surface area contributed by atoms with Crippen molar-refractivity contribution in [3.8, 4) is 0 Å². The van der Waals surface area contributed by atoms with Gasteiger partial charge in [-0.1, -0.05) is 67.0 Å². The third kappa shape index (κ3) is 3.75. The van der Waals surface area contributed by atoms with Crippen LogP contribution in [-0.2, 0) is 6.42 Å². The second-order valence-corrected chi connectivity index (χ2v) is 6.89. The van der Waals surface area contributed by atoms with Crippen molar-refractivity contribution in [1.82, 2.24) is 0 Å². The number of hydrogen-bond acceptors (Lipinski definition) is 0. The monoisotopic (exact) mass is 304 g/mol. The SMILES string of the molecule is C=CC/C(Cc1ccccc1)=C1/CC2=C(CCCCCC2)C1=C. The molecule has 0 nitrogen and oxygen atoms in total. The molecule has 0 radical (unpaired) electrons. The maximum atomic E-state index is 4.49. The third-order valence-corrected chi connectivity index (χ3v) is 5.28. The summed E-state index contributed by atoms with van der Waals surface area (Å²) in [4.78, 5) is 0. The maximum Gasteiger partial charge on any atom is -0.00555 e. The Labute approximate surface area is 141 Å². The van der Waals surface area contributed by atoms with Gasteiger partial charge in [-0.3, -0.25) is 0 Å². The molecule has 0 atom stereocenters. The second kappa shape index (κ2) is 7.64. The molecule has 0 fully saturated rings. The first-order valence-corrected chi connectivity index (χ1v) is 9.06. The van der Waals surface area contributed by atoms with Gasteiger partial charge < -0.3 is 0 Å². The van der Waals surface area contributed by atoms with Gasteiger partial charge in [0.2, 0.25) is 0 Å². The standard InChI is InChI=1S/C23H28/c1-3-11-20(16-19-12-7-6-8-13-19)23-17-21-14-9-4-5-10-15-22(21)18(23)2/h3,6-8,12-13H,1-2,4-5,9-11,14-17H2/b23-20+. The van der Waals surface area contributed by atoms with Crippen LogP contribution in [0.2, 0.25) is 0 Å². The van der Waals surface area contributed by atoms with Crippen LogP contribution in [0.4, 0.5) is 0 Å². The fraction of sp³-hybridized carbons (Fsp3) is 0.391. The van der Waals surface area contributed by atoms with Gasteiger partial charge in [0.15, 0.2) is 0 Å². The summed E-state index contributed by atoms with van der Waals surface area (Å²) in [6, 6.07) is 10.8. The van der Waals surface area contributed by atoms with Gasteiger partial charge in [-0.05, 0) is 67.2 Å². The average Bonchev–Trinajstić information content (AvgIpc) is 2.83. The molecule has 0 saturated carbocycles. The maximum absolute atomic E-state index is 4.49. The molecule has 1 aromatic rings. The van der Waals surface area contributed by atoms with Crippen molar-refractivity contribution in [2.45, 2.75) is 57.8 Å². The topological polar surface area (TPSA) is 0 Å². The lowest BCUT2D eigenvalue weighted by Crippen LogP contribution is -1.97. The molecule has 0 amide bonds. The van der Waals surface area contributed by atoms with Crippen LogP contribution in [0.5, 0.6) is 0 Å². The Morgan fingerprint density at radius 2 is 1.74 bits per heavy atom. The Hall–Kier alpha value is -1.82. The van der Waals surface area contributed by atoms with E-state index in [1.807, 2.05) is 6.08 Å². The Bertz CT molecular complexity index is 640. The zero-order chi connectivity index (χ0) is 16.1. The van der Waals surface area contributed by atoms with E-state index in [0.29, 0.717) is 0 Å². The van der Waals surface area contributed by atoms with Gasteiger partial charge in [0, 0.05) is 0 Å². The fourth-order valence-corrected chi connectivity index (χ4v) is 4.04. The van der Waals surface area contributed by atoms with Crippen LogP contribution in [-0.4, -0.2) is 0 Å². The molecule has 0 heterocycles. The predicted octanol–water partition coefficient (Wildman–Crippen LogP) is 6.71. The van der Waals surface area contributed by atoms with E-state index in [-0.39, 0.29) is 0 Å². The van der Waals surface area contributed by atoms with Gasteiger partial charge >= 0.3 is 0 Å². The molecule has 2 aliphatic carbocycles. The summed E-state index contributed by atoms with van der Waals surface area (Å²) >= 11 is 0. The van der Waals surface area contributed by atoms with E-state index in [9.17, 15) is 0 Å². The molecule has 0 bridgehead atoms. The first-order valence-electron chi connectivity index (χ1n) is 9.06. The van der Waals surface area contributed by atoms with Gasteiger partial charge in [0.05, 0.1) is 0 Å². The van der Waals surface area contributed by atoms with Crippen LogP contribution in [0.15, 0.2) is 77.4 Å². The minimum atomic E-state index is 0.976. The summed E-state index contributed by atoms with van der Waals surface area (Å²) in [5.74, 6) is 0.